The van der Waals surface area contributed by atoms with Gasteiger partial charge in [-0.05, 0) is 31.9 Å². The molecule has 0 bridgehead atoms. The fourth-order valence-corrected chi connectivity index (χ4v) is 3.33. The van der Waals surface area contributed by atoms with Crippen molar-refractivity contribution in [3.05, 3.63) is 59.9 Å². The first kappa shape index (κ1) is 15.2. The Hall–Kier alpha value is -2.31. The van der Waals surface area contributed by atoms with Crippen LogP contribution in [0, 0.1) is 12.7 Å². The van der Waals surface area contributed by atoms with Gasteiger partial charge in [-0.2, -0.15) is 0 Å². The average molecular weight is 327 g/mol. The molecule has 1 saturated heterocycles. The first-order valence-electron chi connectivity index (χ1n) is 8.01. The molecule has 1 fully saturated rings. The van der Waals surface area contributed by atoms with Gasteiger partial charge in [-0.25, -0.2) is 14.4 Å². The number of halogens is 1. The van der Waals surface area contributed by atoms with Crippen LogP contribution in [0.25, 0.3) is 11.0 Å². The van der Waals surface area contributed by atoms with Crippen molar-refractivity contribution in [1.29, 1.82) is 0 Å². The smallest absolute Gasteiger partial charge is 0.145 e. The lowest BCUT2D eigenvalue weighted by molar-refractivity contribution is -0.0600. The van der Waals surface area contributed by atoms with Crippen LogP contribution in [0.4, 0.5) is 4.39 Å². The lowest BCUT2D eigenvalue weighted by Crippen LogP contribution is -2.20. The highest BCUT2D eigenvalue weighted by atomic mass is 19.1. The number of aryl methyl sites for hydroxylation is 1. The van der Waals surface area contributed by atoms with E-state index in [1.807, 2.05) is 23.8 Å². The Morgan fingerprint density at radius 1 is 1.25 bits per heavy atom. The molecule has 1 aliphatic rings. The summed E-state index contributed by atoms with van der Waals surface area (Å²) in [5.74, 6) is -0.410. The van der Waals surface area contributed by atoms with Gasteiger partial charge in [-0.3, -0.25) is 0 Å². The predicted octanol–water partition coefficient (Wildman–Crippen LogP) is 3.29. The van der Waals surface area contributed by atoms with E-state index in [-0.39, 0.29) is 11.8 Å². The summed E-state index contributed by atoms with van der Waals surface area (Å²) in [6, 6.07) is 8.24. The summed E-state index contributed by atoms with van der Waals surface area (Å²) in [6.45, 7) is 1.94. The van der Waals surface area contributed by atoms with E-state index in [4.69, 9.17) is 4.74 Å². The molecule has 2 aromatic heterocycles. The third kappa shape index (κ3) is 2.48. The quantitative estimate of drug-likeness (QED) is 0.802. The van der Waals surface area contributed by atoms with Crippen LogP contribution in [0.5, 0.6) is 0 Å². The number of rotatable bonds is 3. The summed E-state index contributed by atoms with van der Waals surface area (Å²) in [6.07, 6.45) is 3.22. The van der Waals surface area contributed by atoms with Crippen molar-refractivity contribution >= 4 is 11.0 Å². The highest BCUT2D eigenvalue weighted by Gasteiger charge is 2.34. The van der Waals surface area contributed by atoms with Crippen molar-refractivity contribution in [2.75, 3.05) is 0 Å². The van der Waals surface area contributed by atoms with Gasteiger partial charge < -0.3 is 14.4 Å². The van der Waals surface area contributed by atoms with Crippen molar-refractivity contribution in [3.8, 4) is 0 Å². The number of benzene rings is 1. The fraction of sp³-hybridized carbons (Fsp3) is 0.333. The second-order valence-electron chi connectivity index (χ2n) is 6.09. The van der Waals surface area contributed by atoms with Gasteiger partial charge in [0.05, 0.1) is 11.8 Å². The number of nitrogens with zero attached hydrogens (tertiary/aromatic N) is 3. The number of aliphatic hydroxyl groups is 1. The van der Waals surface area contributed by atoms with Crippen LogP contribution >= 0.6 is 0 Å². The van der Waals surface area contributed by atoms with Crippen LogP contribution in [-0.4, -0.2) is 25.7 Å². The van der Waals surface area contributed by atoms with Crippen molar-refractivity contribution < 1.29 is 14.2 Å². The second kappa shape index (κ2) is 5.96. The Morgan fingerprint density at radius 2 is 2.08 bits per heavy atom. The van der Waals surface area contributed by atoms with E-state index in [9.17, 15) is 9.50 Å². The van der Waals surface area contributed by atoms with Crippen LogP contribution in [0.3, 0.4) is 0 Å². The number of ether oxygens (including phenoxy) is 1. The SMILES string of the molecule is Cc1ncnc2c1ccn2C1CCC(C(O)c2ccccc2F)O1. The maximum absolute atomic E-state index is 13.9. The van der Waals surface area contributed by atoms with Crippen LogP contribution in [0.15, 0.2) is 42.9 Å². The first-order valence-corrected chi connectivity index (χ1v) is 8.01. The summed E-state index contributed by atoms with van der Waals surface area (Å²) < 4.78 is 21.8. The molecule has 0 amide bonds. The van der Waals surface area contributed by atoms with E-state index < -0.39 is 18.0 Å². The molecule has 0 spiro atoms. The first-order chi connectivity index (χ1) is 11.6. The Morgan fingerprint density at radius 3 is 2.92 bits per heavy atom. The monoisotopic (exact) mass is 327 g/mol. The molecule has 3 heterocycles. The minimum Gasteiger partial charge on any atom is -0.386 e. The number of aromatic nitrogens is 3. The minimum absolute atomic E-state index is 0.219. The maximum atomic E-state index is 13.9. The lowest BCUT2D eigenvalue weighted by atomic mass is 10.0. The van der Waals surface area contributed by atoms with E-state index in [1.54, 1.807) is 18.2 Å². The van der Waals surface area contributed by atoms with Gasteiger partial charge in [0.25, 0.3) is 0 Å². The number of hydrogen-bond acceptors (Lipinski definition) is 4. The largest absolute Gasteiger partial charge is 0.386 e. The Bertz CT molecular complexity index is 880. The summed E-state index contributed by atoms with van der Waals surface area (Å²) >= 11 is 0. The molecule has 0 radical (unpaired) electrons. The predicted molar refractivity (Wildman–Crippen MR) is 86.8 cm³/mol. The topological polar surface area (TPSA) is 60.2 Å². The molecule has 1 aromatic carbocycles. The van der Waals surface area contributed by atoms with Crippen LogP contribution in [0.1, 0.15) is 36.4 Å². The summed E-state index contributed by atoms with van der Waals surface area (Å²) in [5, 5.41) is 11.5. The molecule has 24 heavy (non-hydrogen) atoms. The van der Waals surface area contributed by atoms with Crippen LogP contribution in [0.2, 0.25) is 0 Å². The zero-order valence-corrected chi connectivity index (χ0v) is 13.3. The molecule has 6 heteroatoms. The molecule has 1 N–H and O–H groups in total. The zero-order valence-electron chi connectivity index (χ0n) is 13.3. The number of hydrogen-bond donors (Lipinski definition) is 1. The summed E-state index contributed by atoms with van der Waals surface area (Å²) in [7, 11) is 0. The molecule has 1 aliphatic heterocycles. The van der Waals surface area contributed by atoms with Gasteiger partial charge in [0, 0.05) is 17.1 Å². The molecule has 0 saturated carbocycles. The van der Waals surface area contributed by atoms with Crippen LogP contribution in [-0.2, 0) is 4.74 Å². The van der Waals surface area contributed by atoms with Crippen molar-refractivity contribution in [2.24, 2.45) is 0 Å². The molecular weight excluding hydrogens is 309 g/mol. The highest BCUT2D eigenvalue weighted by Crippen LogP contribution is 2.37. The number of aliphatic hydroxyl groups excluding tert-OH is 1. The third-order valence-electron chi connectivity index (χ3n) is 4.62. The van der Waals surface area contributed by atoms with Gasteiger partial charge in [0.2, 0.25) is 0 Å². The van der Waals surface area contributed by atoms with E-state index in [0.29, 0.717) is 6.42 Å². The molecule has 3 unspecified atom stereocenters. The molecule has 4 rings (SSSR count). The van der Waals surface area contributed by atoms with Gasteiger partial charge in [-0.1, -0.05) is 18.2 Å². The van der Waals surface area contributed by atoms with Gasteiger partial charge in [0.15, 0.2) is 0 Å². The van der Waals surface area contributed by atoms with E-state index in [0.717, 1.165) is 23.1 Å². The Balaban J connectivity index is 1.58. The molecule has 3 aromatic rings. The van der Waals surface area contributed by atoms with E-state index >= 15 is 0 Å². The lowest BCUT2D eigenvalue weighted by Gasteiger charge is -2.20. The number of fused-ring (bicyclic) bond motifs is 1. The molecular formula is C18H18FN3O2. The molecule has 3 atom stereocenters. The summed E-state index contributed by atoms with van der Waals surface area (Å²) in [5.41, 5.74) is 2.01. The van der Waals surface area contributed by atoms with E-state index in [1.165, 1.54) is 12.4 Å². The van der Waals surface area contributed by atoms with Gasteiger partial charge in [-0.15, -0.1) is 0 Å². The van der Waals surface area contributed by atoms with E-state index in [2.05, 4.69) is 9.97 Å². The average Bonchev–Trinajstić information content (AvgIpc) is 3.22. The van der Waals surface area contributed by atoms with Crippen LogP contribution < -0.4 is 0 Å². The van der Waals surface area contributed by atoms with Crippen molar-refractivity contribution in [1.82, 2.24) is 14.5 Å². The molecule has 124 valence electrons. The Kier molecular flexibility index (Phi) is 3.78. The molecule has 5 nitrogen and oxygen atoms in total. The second-order valence-corrected chi connectivity index (χ2v) is 6.09. The third-order valence-corrected chi connectivity index (χ3v) is 4.62. The normalized spacial score (nSPS) is 22.1. The van der Waals surface area contributed by atoms with Gasteiger partial charge >= 0.3 is 0 Å². The Labute approximate surface area is 138 Å². The standard InChI is InChI=1S/C18H18FN3O2/c1-11-12-8-9-22(18(12)21-10-20-11)16-7-6-15(24-16)17(23)13-4-2-3-5-14(13)19/h2-5,8-10,15-17,23H,6-7H2,1H3. The molecule has 0 aliphatic carbocycles. The maximum Gasteiger partial charge on any atom is 0.145 e. The minimum atomic E-state index is -0.977. The zero-order chi connectivity index (χ0) is 16.7. The van der Waals surface area contributed by atoms with Crippen molar-refractivity contribution in [2.45, 2.75) is 38.2 Å². The van der Waals surface area contributed by atoms with Gasteiger partial charge in [0.1, 0.15) is 30.1 Å². The fourth-order valence-electron chi connectivity index (χ4n) is 3.33. The summed E-state index contributed by atoms with van der Waals surface area (Å²) in [4.78, 5) is 8.53. The van der Waals surface area contributed by atoms with Crippen molar-refractivity contribution in [3.63, 3.8) is 0 Å². The highest BCUT2D eigenvalue weighted by molar-refractivity contribution is 5.78.